The number of carbonyl (C=O) groups excluding carboxylic acids is 1. The van der Waals surface area contributed by atoms with E-state index in [2.05, 4.69) is 72.6 Å². The second-order valence-electron chi connectivity index (χ2n) is 20.1. The largest absolute Gasteiger partial charge is 0.492 e. The van der Waals surface area contributed by atoms with E-state index in [0.29, 0.717) is 57.9 Å². The molecule has 5 aliphatic heterocycles. The van der Waals surface area contributed by atoms with Gasteiger partial charge in [-0.15, -0.1) is 21.5 Å². The van der Waals surface area contributed by atoms with Gasteiger partial charge in [-0.05, 0) is 86.6 Å². The number of likely N-dealkylation sites (tertiary alicyclic amines) is 1. The number of piperazine rings is 1. The summed E-state index contributed by atoms with van der Waals surface area (Å²) < 4.78 is 25.8. The highest BCUT2D eigenvalue weighted by Crippen LogP contribution is 2.41. The highest BCUT2D eigenvalue weighted by atomic mass is 35.5. The molecule has 74 heavy (non-hydrogen) atoms. The molecule has 2 N–H and O–H groups in total. The summed E-state index contributed by atoms with van der Waals surface area (Å²) >= 11 is 14.8. The number of amides is 1. The van der Waals surface area contributed by atoms with Crippen molar-refractivity contribution in [2.75, 3.05) is 72.2 Å². The van der Waals surface area contributed by atoms with Crippen LogP contribution in [0.1, 0.15) is 58.5 Å². The smallest absolute Gasteiger partial charge is 0.296 e. The first kappa shape index (κ1) is 49.1. The zero-order valence-corrected chi connectivity index (χ0v) is 43.9. The molecule has 4 aromatic heterocycles. The molecule has 0 bridgehead atoms. The van der Waals surface area contributed by atoms with Gasteiger partial charge in [-0.2, -0.15) is 4.98 Å². The van der Waals surface area contributed by atoms with Crippen LogP contribution >= 0.6 is 34.5 Å². The molecule has 3 aromatic carbocycles. The van der Waals surface area contributed by atoms with Gasteiger partial charge in [0.05, 0.1) is 41.6 Å². The molecule has 7 aromatic rings. The number of thiophene rings is 1. The van der Waals surface area contributed by atoms with Gasteiger partial charge in [0.15, 0.2) is 17.6 Å². The third-order valence-corrected chi connectivity index (χ3v) is 17.1. The van der Waals surface area contributed by atoms with E-state index < -0.39 is 18.2 Å². The van der Waals surface area contributed by atoms with Crippen LogP contribution in [0.4, 0.5) is 0 Å². The van der Waals surface area contributed by atoms with Crippen molar-refractivity contribution in [1.29, 1.82) is 0 Å². The van der Waals surface area contributed by atoms with Crippen molar-refractivity contribution in [1.82, 2.24) is 44.4 Å². The number of aromatic nitrogens is 6. The topological polar surface area (TPSA) is 169 Å². The van der Waals surface area contributed by atoms with Crippen molar-refractivity contribution in [3.8, 4) is 39.1 Å². The SMILES string of the molecule is Cc1sc2c(c1C)C(c1ccc(Cl)cc1)=N[C@@H](CC(=O)N1CCC(CN3CCN(CCOc4ccc(-c5ccc(-c6nc7nc(O[C@@H]8CO[C@H]9[C@@H]8OC[C@H]9O)[nH]c7cc6Cl)cc5)cc4)CC3)CC1)c1nnc(C)n1-2. The third kappa shape index (κ3) is 9.84. The number of aliphatic imine (C=N–C) groups is 1. The van der Waals surface area contributed by atoms with Gasteiger partial charge in [0.1, 0.15) is 47.5 Å². The number of aliphatic hydroxyl groups excluding tert-OH is 1. The van der Waals surface area contributed by atoms with Crippen molar-refractivity contribution in [2.24, 2.45) is 10.9 Å². The third-order valence-electron chi connectivity index (χ3n) is 15.3. The number of aromatic amines is 1. The summed E-state index contributed by atoms with van der Waals surface area (Å²) in [7, 11) is 0. The molecule has 0 spiro atoms. The molecule has 1 amide bonds. The van der Waals surface area contributed by atoms with Crippen LogP contribution in [0.3, 0.4) is 0 Å². The van der Waals surface area contributed by atoms with Gasteiger partial charge in [-0.25, -0.2) is 4.98 Å². The highest BCUT2D eigenvalue weighted by molar-refractivity contribution is 7.15. The minimum Gasteiger partial charge on any atom is -0.492 e. The Morgan fingerprint density at radius 1 is 0.824 bits per heavy atom. The molecule has 384 valence electrons. The molecule has 5 aliphatic rings. The quantitative estimate of drug-likeness (QED) is 0.114. The Bertz CT molecular complexity index is 3200. The van der Waals surface area contributed by atoms with Crippen LogP contribution in [0.15, 0.2) is 83.9 Å². The summed E-state index contributed by atoms with van der Waals surface area (Å²) in [5.41, 5.74) is 8.86. The Labute approximate surface area is 443 Å². The number of H-pyrrole nitrogens is 1. The predicted molar refractivity (Wildman–Crippen MR) is 285 cm³/mol. The summed E-state index contributed by atoms with van der Waals surface area (Å²) in [6, 6.07) is 25.8. The zero-order chi connectivity index (χ0) is 50.6. The second kappa shape index (κ2) is 20.8. The Morgan fingerprint density at radius 3 is 2.27 bits per heavy atom. The minimum absolute atomic E-state index is 0.112. The van der Waals surface area contributed by atoms with Crippen LogP contribution < -0.4 is 9.47 Å². The molecule has 5 atom stereocenters. The average molecular weight is 1060 g/mol. The fourth-order valence-corrected chi connectivity index (χ4v) is 12.7. The molecule has 19 heteroatoms. The van der Waals surface area contributed by atoms with E-state index in [9.17, 15) is 9.90 Å². The van der Waals surface area contributed by atoms with Gasteiger partial charge < -0.3 is 38.8 Å². The summed E-state index contributed by atoms with van der Waals surface area (Å²) in [6.07, 6.45) is 0.454. The highest BCUT2D eigenvalue weighted by Gasteiger charge is 2.49. The van der Waals surface area contributed by atoms with E-state index in [-0.39, 0.29) is 31.1 Å². The molecule has 0 saturated carbocycles. The summed E-state index contributed by atoms with van der Waals surface area (Å²) in [6.45, 7) is 14.9. The van der Waals surface area contributed by atoms with E-state index in [1.807, 2.05) is 60.4 Å². The van der Waals surface area contributed by atoms with Crippen molar-refractivity contribution >= 4 is 57.3 Å². The van der Waals surface area contributed by atoms with Gasteiger partial charge in [0, 0.05) is 78.9 Å². The lowest BCUT2D eigenvalue weighted by Crippen LogP contribution is -2.49. The van der Waals surface area contributed by atoms with Gasteiger partial charge in [0.25, 0.3) is 6.01 Å². The first-order chi connectivity index (χ1) is 36.0. The minimum atomic E-state index is -0.654. The maximum Gasteiger partial charge on any atom is 0.296 e. The van der Waals surface area contributed by atoms with Crippen LogP contribution in [-0.4, -0.2) is 158 Å². The standard InChI is InChI=1S/C55H58Cl2N10O6S/c1-31-32(2)74-54-47(31)49(38-8-12-39(56)13-9-38)58-43(53-63-62-33(3)67(53)54)27-46(69)66-18-16-34(17-19-66)28-65-22-20-64(21-23-65)24-25-70-40-14-10-36(11-15-40)35-4-6-37(7-5-35)48-41(57)26-42-52(60-48)61-55(59-42)73-45-30-72-50-44(68)29-71-51(45)50/h4-15,26,34,43-45,50-51,68H,16-25,27-30H2,1-3H3,(H,59,60,61)/t43-,44+,45+,50+,51+/m0/s1. The maximum absolute atomic E-state index is 14.1. The number of piperidine rings is 1. The Hall–Kier alpha value is -5.76. The van der Waals surface area contributed by atoms with Gasteiger partial charge in [-0.1, -0.05) is 71.7 Å². The average Bonchev–Trinajstić information content (AvgIpc) is 4.24. The number of nitrogens with one attached hydrogen (secondary N) is 1. The lowest BCUT2D eigenvalue weighted by molar-refractivity contribution is -0.133. The van der Waals surface area contributed by atoms with E-state index in [1.165, 1.54) is 10.4 Å². The number of fused-ring (bicyclic) bond motifs is 5. The van der Waals surface area contributed by atoms with Crippen molar-refractivity contribution in [2.45, 2.75) is 70.5 Å². The number of pyridine rings is 1. The van der Waals surface area contributed by atoms with Crippen molar-refractivity contribution < 1.29 is 28.8 Å². The molecule has 9 heterocycles. The van der Waals surface area contributed by atoms with Crippen molar-refractivity contribution in [3.05, 3.63) is 122 Å². The van der Waals surface area contributed by atoms with Crippen LogP contribution in [0, 0.1) is 26.7 Å². The summed E-state index contributed by atoms with van der Waals surface area (Å²) in [5.74, 6) is 3.02. The predicted octanol–water partition coefficient (Wildman–Crippen LogP) is 8.29. The molecule has 12 rings (SSSR count). The van der Waals surface area contributed by atoms with E-state index >= 15 is 0 Å². The lowest BCUT2D eigenvalue weighted by Gasteiger charge is -2.39. The number of benzene rings is 3. The first-order valence-corrected chi connectivity index (χ1v) is 27.1. The second-order valence-corrected chi connectivity index (χ2v) is 22.1. The molecule has 16 nitrogen and oxygen atoms in total. The van der Waals surface area contributed by atoms with Gasteiger partial charge in [0.2, 0.25) is 5.91 Å². The number of aliphatic hydroxyl groups is 1. The molecule has 0 aliphatic carbocycles. The van der Waals surface area contributed by atoms with Crippen LogP contribution in [0.25, 0.3) is 38.5 Å². The van der Waals surface area contributed by atoms with E-state index in [4.69, 9.17) is 52.1 Å². The number of carbonyl (C=O) groups is 1. The summed E-state index contributed by atoms with van der Waals surface area (Å²) in [4.78, 5) is 40.2. The fourth-order valence-electron chi connectivity index (χ4n) is 11.1. The first-order valence-electron chi connectivity index (χ1n) is 25.6. The Kier molecular flexibility index (Phi) is 13.8. The number of hydrogen-bond acceptors (Lipinski definition) is 14. The van der Waals surface area contributed by atoms with Gasteiger partial charge >= 0.3 is 0 Å². The summed E-state index contributed by atoms with van der Waals surface area (Å²) in [5, 5.41) is 21.4. The van der Waals surface area contributed by atoms with Crippen molar-refractivity contribution in [3.63, 3.8) is 0 Å². The van der Waals surface area contributed by atoms with E-state index in [1.54, 1.807) is 17.4 Å². The number of nitrogens with zero attached hydrogens (tertiary/aromatic N) is 9. The number of ether oxygens (including phenoxy) is 4. The Morgan fingerprint density at radius 2 is 1.51 bits per heavy atom. The van der Waals surface area contributed by atoms with Crippen LogP contribution in [-0.2, 0) is 14.3 Å². The number of imidazole rings is 1. The number of aryl methyl sites for hydroxylation is 2. The molecule has 0 unspecified atom stereocenters. The van der Waals surface area contributed by atoms with Crippen LogP contribution in [0.5, 0.6) is 11.8 Å². The fraction of sp³-hybridized carbons (Fsp3) is 0.418. The van der Waals surface area contributed by atoms with E-state index in [0.717, 1.165) is 115 Å². The number of hydrogen-bond donors (Lipinski definition) is 2. The van der Waals surface area contributed by atoms with Gasteiger partial charge in [-0.3, -0.25) is 19.3 Å². The molecule has 4 saturated heterocycles. The normalized spacial score (nSPS) is 22.4. The van der Waals surface area contributed by atoms with Crippen LogP contribution in [0.2, 0.25) is 10.0 Å². The molecule has 4 fully saturated rings. The lowest BCUT2D eigenvalue weighted by atomic mass is 9.95. The number of rotatable bonds is 13. The number of halogens is 2. The molecular weight excluding hydrogens is 1000 g/mol. The maximum atomic E-state index is 14.1. The molecule has 0 radical (unpaired) electrons. The zero-order valence-electron chi connectivity index (χ0n) is 41.5. The monoisotopic (exact) mass is 1060 g/mol. The Balaban J connectivity index is 0.586. The molecular formula is C55H58Cl2N10O6S.